The van der Waals surface area contributed by atoms with E-state index in [-0.39, 0.29) is 23.3 Å². The molecule has 0 bridgehead atoms. The maximum Gasteiger partial charge on any atom is 0.314 e. The number of nitrogens with zero attached hydrogens (tertiary/aromatic N) is 1. The number of hydrogen-bond donors (Lipinski definition) is 4. The first-order valence-electron chi connectivity index (χ1n) is 8.99. The highest BCUT2D eigenvalue weighted by Crippen LogP contribution is 2.28. The van der Waals surface area contributed by atoms with Crippen molar-refractivity contribution in [2.75, 3.05) is 31.8 Å². The minimum atomic E-state index is -0.802. The van der Waals surface area contributed by atoms with Gasteiger partial charge in [0, 0.05) is 20.7 Å². The average Bonchev–Trinajstić information content (AvgIpc) is 2.66. The fraction of sp³-hybridized carbons (Fsp3) is 0.300. The number of methoxy groups -OCH3 is 1. The lowest BCUT2D eigenvalue weighted by Gasteiger charge is -2.32. The van der Waals surface area contributed by atoms with Crippen LogP contribution in [0.1, 0.15) is 18.1 Å². The number of rotatable bonds is 7. The van der Waals surface area contributed by atoms with E-state index in [1.165, 1.54) is 17.0 Å². The molecule has 30 heavy (non-hydrogen) atoms. The molecular formula is C20H25ClFN5O2S. The van der Waals surface area contributed by atoms with Crippen LogP contribution in [0.2, 0.25) is 5.02 Å². The van der Waals surface area contributed by atoms with Crippen LogP contribution in [0.4, 0.5) is 20.6 Å². The number of nitrogens with two attached hydrogens (primary N) is 2. The van der Waals surface area contributed by atoms with Gasteiger partial charge in [-0.15, -0.1) is 0 Å². The van der Waals surface area contributed by atoms with E-state index < -0.39 is 17.4 Å². The predicted octanol–water partition coefficient (Wildman–Crippen LogP) is 3.42. The van der Waals surface area contributed by atoms with Gasteiger partial charge < -0.3 is 31.7 Å². The summed E-state index contributed by atoms with van der Waals surface area (Å²) in [4.78, 5) is 12.8. The second-order valence-corrected chi connectivity index (χ2v) is 7.86. The standard InChI is InChI=1S/C20H25ClFN5O2S/c1-20(11-29-3,13-7-8-15(22)14(21)9-13)26-19(30)25-17-12(5-4-6-16(17)23)10-27(2)18(24)28/h4-9H,10-11,23H2,1-3H3,(H2,24,28)(H2,25,26,30). The molecule has 0 fully saturated rings. The summed E-state index contributed by atoms with van der Waals surface area (Å²) in [6.07, 6.45) is 0. The molecule has 2 aromatic carbocycles. The van der Waals surface area contributed by atoms with Crippen molar-refractivity contribution in [1.82, 2.24) is 10.2 Å². The highest BCUT2D eigenvalue weighted by molar-refractivity contribution is 7.80. The van der Waals surface area contributed by atoms with Crippen LogP contribution in [0.3, 0.4) is 0 Å². The summed E-state index contributed by atoms with van der Waals surface area (Å²) in [5.74, 6) is -0.513. The topological polar surface area (TPSA) is 106 Å². The molecule has 0 aliphatic heterocycles. The molecule has 1 unspecified atom stereocenters. The third-order valence-electron chi connectivity index (χ3n) is 4.58. The molecule has 0 saturated carbocycles. The molecule has 7 nitrogen and oxygen atoms in total. The van der Waals surface area contributed by atoms with Gasteiger partial charge in [-0.05, 0) is 48.5 Å². The minimum absolute atomic E-state index is 0.000385. The zero-order valence-corrected chi connectivity index (χ0v) is 18.5. The van der Waals surface area contributed by atoms with Crippen LogP contribution in [-0.4, -0.2) is 36.8 Å². The van der Waals surface area contributed by atoms with Crippen molar-refractivity contribution >= 4 is 46.3 Å². The van der Waals surface area contributed by atoms with Crippen molar-refractivity contribution in [2.24, 2.45) is 5.73 Å². The van der Waals surface area contributed by atoms with Gasteiger partial charge in [-0.3, -0.25) is 0 Å². The third kappa shape index (κ3) is 5.71. The average molecular weight is 454 g/mol. The first-order chi connectivity index (χ1) is 14.1. The van der Waals surface area contributed by atoms with Gasteiger partial charge in [0.1, 0.15) is 5.82 Å². The minimum Gasteiger partial charge on any atom is -0.397 e. The number of carbonyl (C=O) groups excluding carboxylic acids is 1. The van der Waals surface area contributed by atoms with Gasteiger partial charge in [0.25, 0.3) is 0 Å². The number of thiocarbonyl (C=S) groups is 1. The van der Waals surface area contributed by atoms with Crippen molar-refractivity contribution < 1.29 is 13.9 Å². The van der Waals surface area contributed by atoms with Crippen molar-refractivity contribution in [2.45, 2.75) is 19.0 Å². The van der Waals surface area contributed by atoms with Crippen LogP contribution in [0.5, 0.6) is 0 Å². The number of amides is 2. The van der Waals surface area contributed by atoms with Crippen LogP contribution in [0.25, 0.3) is 0 Å². The highest BCUT2D eigenvalue weighted by atomic mass is 35.5. The summed E-state index contributed by atoms with van der Waals surface area (Å²) in [7, 11) is 3.13. The monoisotopic (exact) mass is 453 g/mol. The van der Waals surface area contributed by atoms with Crippen LogP contribution >= 0.6 is 23.8 Å². The second kappa shape index (κ2) is 9.92. The molecule has 6 N–H and O–H groups in total. The summed E-state index contributed by atoms with van der Waals surface area (Å²) in [5, 5.41) is 6.54. The number of benzene rings is 2. The van der Waals surface area contributed by atoms with Gasteiger partial charge >= 0.3 is 6.03 Å². The van der Waals surface area contributed by atoms with E-state index in [2.05, 4.69) is 10.6 Å². The SMILES string of the molecule is COCC(C)(NC(=S)Nc1c(N)cccc1CN(C)C(N)=O)c1ccc(F)c(Cl)c1. The number of para-hydroxylation sites is 1. The number of anilines is 2. The number of nitrogens with one attached hydrogen (secondary N) is 2. The molecule has 0 spiro atoms. The first kappa shape index (κ1) is 23.7. The number of ether oxygens (including phenoxy) is 1. The molecule has 2 amide bonds. The van der Waals surface area contributed by atoms with Crippen LogP contribution < -0.4 is 22.1 Å². The van der Waals surface area contributed by atoms with Crippen molar-refractivity contribution in [3.63, 3.8) is 0 Å². The lowest BCUT2D eigenvalue weighted by molar-refractivity contribution is 0.130. The van der Waals surface area contributed by atoms with Gasteiger partial charge in [-0.25, -0.2) is 9.18 Å². The number of nitrogen functional groups attached to an aromatic ring is 1. The summed E-state index contributed by atoms with van der Waals surface area (Å²) in [5.41, 5.74) is 13.1. The number of hydrogen-bond acceptors (Lipinski definition) is 4. The smallest absolute Gasteiger partial charge is 0.314 e. The van der Waals surface area contributed by atoms with E-state index in [0.717, 1.165) is 5.56 Å². The van der Waals surface area contributed by atoms with Gasteiger partial charge in [0.15, 0.2) is 5.11 Å². The summed E-state index contributed by atoms with van der Waals surface area (Å²) in [6, 6.07) is 9.16. The Morgan fingerprint density at radius 2 is 2.07 bits per heavy atom. The maximum atomic E-state index is 13.6. The highest BCUT2D eigenvalue weighted by Gasteiger charge is 2.29. The number of urea groups is 1. The van der Waals surface area contributed by atoms with E-state index in [1.54, 1.807) is 32.4 Å². The van der Waals surface area contributed by atoms with Crippen LogP contribution in [0.15, 0.2) is 36.4 Å². The van der Waals surface area contributed by atoms with Crippen LogP contribution in [-0.2, 0) is 16.8 Å². The van der Waals surface area contributed by atoms with Gasteiger partial charge in [-0.2, -0.15) is 0 Å². The Morgan fingerprint density at radius 1 is 1.37 bits per heavy atom. The van der Waals surface area contributed by atoms with Crippen molar-refractivity contribution in [1.29, 1.82) is 0 Å². The maximum absolute atomic E-state index is 13.6. The lowest BCUT2D eigenvalue weighted by Crippen LogP contribution is -2.48. The normalized spacial score (nSPS) is 12.7. The molecule has 2 rings (SSSR count). The molecule has 0 aromatic heterocycles. The molecule has 0 aliphatic rings. The van der Waals surface area contributed by atoms with E-state index in [0.29, 0.717) is 16.9 Å². The molecule has 0 radical (unpaired) electrons. The Balaban J connectivity index is 2.28. The Kier molecular flexibility index (Phi) is 7.83. The van der Waals surface area contributed by atoms with E-state index in [1.807, 2.05) is 13.0 Å². The third-order valence-corrected chi connectivity index (χ3v) is 5.08. The van der Waals surface area contributed by atoms with Gasteiger partial charge in [-0.1, -0.05) is 29.8 Å². The quantitative estimate of drug-likeness (QED) is 0.378. The molecule has 1 atom stereocenters. The zero-order valence-electron chi connectivity index (χ0n) is 17.0. The molecule has 0 aliphatic carbocycles. The van der Waals surface area contributed by atoms with Gasteiger partial charge in [0.05, 0.1) is 28.5 Å². The van der Waals surface area contributed by atoms with Crippen molar-refractivity contribution in [3.05, 3.63) is 58.4 Å². The number of primary amides is 1. The number of halogens is 2. The largest absolute Gasteiger partial charge is 0.397 e. The van der Waals surface area contributed by atoms with Crippen LogP contribution in [0, 0.1) is 5.82 Å². The fourth-order valence-corrected chi connectivity index (χ4v) is 3.46. The summed E-state index contributed by atoms with van der Waals surface area (Å²) in [6.45, 7) is 2.33. The Labute approximate surface area is 185 Å². The molecule has 0 saturated heterocycles. The lowest BCUT2D eigenvalue weighted by atomic mass is 9.93. The van der Waals surface area contributed by atoms with E-state index in [9.17, 15) is 9.18 Å². The Bertz CT molecular complexity index is 945. The fourth-order valence-electron chi connectivity index (χ4n) is 2.95. The zero-order chi connectivity index (χ0) is 22.5. The Morgan fingerprint density at radius 3 is 2.67 bits per heavy atom. The first-order valence-corrected chi connectivity index (χ1v) is 9.77. The number of carbonyl (C=O) groups is 1. The van der Waals surface area contributed by atoms with E-state index >= 15 is 0 Å². The van der Waals surface area contributed by atoms with E-state index in [4.69, 9.17) is 40.0 Å². The molecule has 162 valence electrons. The second-order valence-electron chi connectivity index (χ2n) is 7.05. The summed E-state index contributed by atoms with van der Waals surface area (Å²) >= 11 is 11.4. The van der Waals surface area contributed by atoms with Gasteiger partial charge in [0.2, 0.25) is 0 Å². The molecule has 2 aromatic rings. The Hall–Kier alpha value is -2.62. The summed E-state index contributed by atoms with van der Waals surface area (Å²) < 4.78 is 18.9. The molecule has 10 heteroatoms. The molecule has 0 heterocycles. The molecular weight excluding hydrogens is 429 g/mol. The van der Waals surface area contributed by atoms with Crippen molar-refractivity contribution in [3.8, 4) is 0 Å². The predicted molar refractivity (Wildman–Crippen MR) is 122 cm³/mol.